The van der Waals surface area contributed by atoms with E-state index < -0.39 is 12.2 Å². The third kappa shape index (κ3) is 5.32. The van der Waals surface area contributed by atoms with Crippen LogP contribution in [0.4, 0.5) is 4.79 Å². The third-order valence-electron chi connectivity index (χ3n) is 6.09. The first-order valence-electron chi connectivity index (χ1n) is 11.8. The number of hydrogen-bond donors (Lipinski definition) is 0. The van der Waals surface area contributed by atoms with Crippen molar-refractivity contribution in [3.8, 4) is 5.88 Å². The zero-order chi connectivity index (χ0) is 25.8. The van der Waals surface area contributed by atoms with Gasteiger partial charge in [-0.3, -0.25) is 9.78 Å². The molecule has 2 aromatic rings. The maximum atomic E-state index is 12.8. The summed E-state index contributed by atoms with van der Waals surface area (Å²) in [4.78, 5) is 36.9. The van der Waals surface area contributed by atoms with E-state index in [0.29, 0.717) is 22.7 Å². The molecule has 0 bridgehead atoms. The number of cyclic esters (lactones) is 1. The summed E-state index contributed by atoms with van der Waals surface area (Å²) in [6.45, 7) is 0.432. The van der Waals surface area contributed by atoms with Crippen LogP contribution in [-0.4, -0.2) is 65.1 Å². The SMILES string of the molecule is COc1ccc2nccc(/C=C/C(=O)N(C)C[C@H]3CN(C4=COC=C(C5=CC=CCC5)O4)C(=O)O3)c2n1. The molecule has 0 spiro atoms. The lowest BCUT2D eigenvalue weighted by Gasteiger charge is -2.23. The highest BCUT2D eigenvalue weighted by molar-refractivity contribution is 5.94. The van der Waals surface area contributed by atoms with Gasteiger partial charge in [0.2, 0.25) is 17.7 Å². The van der Waals surface area contributed by atoms with Gasteiger partial charge < -0.3 is 23.8 Å². The van der Waals surface area contributed by atoms with E-state index in [4.69, 9.17) is 18.9 Å². The monoisotopic (exact) mass is 502 g/mol. The van der Waals surface area contributed by atoms with Crippen molar-refractivity contribution in [1.82, 2.24) is 19.8 Å². The van der Waals surface area contributed by atoms with Crippen molar-refractivity contribution in [3.63, 3.8) is 0 Å². The van der Waals surface area contributed by atoms with Gasteiger partial charge >= 0.3 is 6.09 Å². The molecular weight excluding hydrogens is 476 g/mol. The Bertz CT molecular complexity index is 1380. The summed E-state index contributed by atoms with van der Waals surface area (Å²) in [7, 11) is 3.19. The Kier molecular flexibility index (Phi) is 6.89. The fourth-order valence-electron chi connectivity index (χ4n) is 4.14. The Morgan fingerprint density at radius 1 is 1.30 bits per heavy atom. The third-order valence-corrected chi connectivity index (χ3v) is 6.09. The number of amides is 2. The predicted molar refractivity (Wildman–Crippen MR) is 135 cm³/mol. The van der Waals surface area contributed by atoms with E-state index in [-0.39, 0.29) is 24.9 Å². The van der Waals surface area contributed by atoms with Gasteiger partial charge in [0.05, 0.1) is 31.2 Å². The summed E-state index contributed by atoms with van der Waals surface area (Å²) < 4.78 is 22.0. The van der Waals surface area contributed by atoms with Crippen molar-refractivity contribution in [3.05, 3.63) is 84.0 Å². The lowest BCUT2D eigenvalue weighted by atomic mass is 10.0. The fraction of sp³-hybridized carbons (Fsp3) is 0.259. The average molecular weight is 503 g/mol. The van der Waals surface area contributed by atoms with Crippen LogP contribution in [0.5, 0.6) is 5.88 Å². The molecule has 10 nitrogen and oxygen atoms in total. The van der Waals surface area contributed by atoms with Crippen LogP contribution in [0, 0.1) is 0 Å². The second-order valence-corrected chi connectivity index (χ2v) is 8.63. The topological polar surface area (TPSA) is 103 Å². The number of carbonyl (C=O) groups is 2. The molecule has 0 saturated carbocycles. The molecule has 4 heterocycles. The molecule has 0 radical (unpaired) electrons. The average Bonchev–Trinajstić information content (AvgIpc) is 3.31. The van der Waals surface area contributed by atoms with Gasteiger partial charge in [-0.15, -0.1) is 0 Å². The van der Waals surface area contributed by atoms with Crippen LogP contribution in [-0.2, 0) is 19.0 Å². The Morgan fingerprint density at radius 3 is 3.00 bits per heavy atom. The summed E-state index contributed by atoms with van der Waals surface area (Å²) >= 11 is 0. The van der Waals surface area contributed by atoms with Crippen LogP contribution in [0.2, 0.25) is 0 Å². The zero-order valence-corrected chi connectivity index (χ0v) is 20.5. The minimum Gasteiger partial charge on any atom is -0.481 e. The Balaban J connectivity index is 1.20. The first-order chi connectivity index (χ1) is 18.0. The molecule has 10 heteroatoms. The Morgan fingerprint density at radius 2 is 2.19 bits per heavy atom. The van der Waals surface area contributed by atoms with Crippen molar-refractivity contribution in [2.24, 2.45) is 0 Å². The number of allylic oxidation sites excluding steroid dienone is 4. The van der Waals surface area contributed by atoms with E-state index in [0.717, 1.165) is 24.0 Å². The smallest absolute Gasteiger partial charge is 0.417 e. The summed E-state index contributed by atoms with van der Waals surface area (Å²) in [5.74, 6) is 1.03. The van der Waals surface area contributed by atoms with Crippen molar-refractivity contribution in [2.45, 2.75) is 18.9 Å². The maximum absolute atomic E-state index is 12.8. The molecule has 2 aliphatic heterocycles. The molecule has 0 N–H and O–H groups in total. The van der Waals surface area contributed by atoms with Crippen molar-refractivity contribution in [2.75, 3.05) is 27.2 Å². The van der Waals surface area contributed by atoms with Gasteiger partial charge in [-0.25, -0.2) is 14.7 Å². The predicted octanol–water partition coefficient (Wildman–Crippen LogP) is 3.89. The van der Waals surface area contributed by atoms with Crippen molar-refractivity contribution >= 4 is 29.1 Å². The van der Waals surface area contributed by atoms with E-state index in [1.54, 1.807) is 38.6 Å². The molecule has 2 amide bonds. The molecule has 1 aliphatic carbocycles. The normalized spacial score (nSPS) is 19.1. The van der Waals surface area contributed by atoms with E-state index >= 15 is 0 Å². The number of nitrogens with zero attached hydrogens (tertiary/aromatic N) is 4. The molecular formula is C27H26N4O6. The number of ether oxygens (including phenoxy) is 4. The Labute approximate surface area is 213 Å². The summed E-state index contributed by atoms with van der Waals surface area (Å²) in [5.41, 5.74) is 3.05. The molecule has 1 fully saturated rings. The van der Waals surface area contributed by atoms with Crippen LogP contribution < -0.4 is 4.74 Å². The number of carbonyl (C=O) groups excluding carboxylic acids is 2. The minimum absolute atomic E-state index is 0.210. The lowest BCUT2D eigenvalue weighted by Crippen LogP contribution is -2.35. The zero-order valence-electron chi connectivity index (χ0n) is 20.5. The number of methoxy groups -OCH3 is 1. The summed E-state index contributed by atoms with van der Waals surface area (Å²) in [6, 6.07) is 5.32. The van der Waals surface area contributed by atoms with Gasteiger partial charge in [-0.05, 0) is 36.6 Å². The summed E-state index contributed by atoms with van der Waals surface area (Å²) in [5, 5.41) is 0. The van der Waals surface area contributed by atoms with E-state index in [9.17, 15) is 9.59 Å². The molecule has 1 saturated heterocycles. The highest BCUT2D eigenvalue weighted by Crippen LogP contribution is 2.29. The van der Waals surface area contributed by atoms with Gasteiger partial charge in [-0.1, -0.05) is 18.2 Å². The van der Waals surface area contributed by atoms with E-state index in [1.165, 1.54) is 28.4 Å². The second-order valence-electron chi connectivity index (χ2n) is 8.63. The first-order valence-corrected chi connectivity index (χ1v) is 11.8. The number of hydrogen-bond acceptors (Lipinski definition) is 8. The van der Waals surface area contributed by atoms with E-state index in [2.05, 4.69) is 16.0 Å². The lowest BCUT2D eigenvalue weighted by molar-refractivity contribution is -0.125. The van der Waals surface area contributed by atoms with Crippen LogP contribution in [0.15, 0.2) is 78.4 Å². The number of likely N-dealkylation sites (N-methyl/N-ethyl adjacent to an activating group) is 1. The molecule has 37 heavy (non-hydrogen) atoms. The Hall–Kier alpha value is -4.60. The number of pyridine rings is 2. The molecule has 0 unspecified atom stereocenters. The van der Waals surface area contributed by atoms with Gasteiger partial charge in [-0.2, -0.15) is 0 Å². The van der Waals surface area contributed by atoms with Crippen molar-refractivity contribution in [1.29, 1.82) is 0 Å². The molecule has 3 aliphatic rings. The first kappa shape index (κ1) is 24.1. The molecule has 0 aromatic carbocycles. The largest absolute Gasteiger partial charge is 0.481 e. The van der Waals surface area contributed by atoms with Gasteiger partial charge in [0.25, 0.3) is 0 Å². The van der Waals surface area contributed by atoms with Crippen LogP contribution in [0.1, 0.15) is 18.4 Å². The number of aromatic nitrogens is 2. The van der Waals surface area contributed by atoms with Crippen LogP contribution in [0.25, 0.3) is 17.1 Å². The highest BCUT2D eigenvalue weighted by atomic mass is 16.6. The summed E-state index contributed by atoms with van der Waals surface area (Å²) in [6.07, 6.45) is 14.3. The van der Waals surface area contributed by atoms with Crippen LogP contribution >= 0.6 is 0 Å². The van der Waals surface area contributed by atoms with Gasteiger partial charge in [0, 0.05) is 31.0 Å². The molecule has 1 atom stereocenters. The van der Waals surface area contributed by atoms with Crippen molar-refractivity contribution < 1.29 is 28.5 Å². The number of fused-ring (bicyclic) bond motifs is 1. The fourth-order valence-corrected chi connectivity index (χ4v) is 4.14. The van der Waals surface area contributed by atoms with Gasteiger partial charge in [0.15, 0.2) is 12.0 Å². The minimum atomic E-state index is -0.557. The van der Waals surface area contributed by atoms with Gasteiger partial charge in [0.1, 0.15) is 12.4 Å². The highest BCUT2D eigenvalue weighted by Gasteiger charge is 2.37. The van der Waals surface area contributed by atoms with Crippen LogP contribution in [0.3, 0.4) is 0 Å². The number of rotatable bonds is 7. The standard InChI is InChI=1S/C27H26N4O6/c1-30(24(32)11-8-19-12-13-28-21-9-10-23(34-2)29-26(19)21)14-20-15-31(27(33)36-20)25-17-35-16-22(37-25)18-6-4-3-5-7-18/h3-4,6,8-13,16-17,20H,5,7,14-15H2,1-2H3/b11-8+/t20-/m0/s1. The quantitative estimate of drug-likeness (QED) is 0.526. The maximum Gasteiger partial charge on any atom is 0.417 e. The molecule has 2 aromatic heterocycles. The molecule has 190 valence electrons. The second kappa shape index (κ2) is 10.6. The van der Waals surface area contributed by atoms with E-state index in [1.807, 2.05) is 18.2 Å². The molecule has 5 rings (SSSR count).